The summed E-state index contributed by atoms with van der Waals surface area (Å²) in [6.45, 7) is 28.3. The summed E-state index contributed by atoms with van der Waals surface area (Å²) in [7, 11) is 0. The molecule has 0 aromatic heterocycles. The van der Waals surface area contributed by atoms with Crippen LogP contribution in [0.1, 0.15) is 309 Å². The van der Waals surface area contributed by atoms with Gasteiger partial charge in [-0.15, -0.1) is 0 Å². The van der Waals surface area contributed by atoms with Gasteiger partial charge in [-0.05, 0) is 126 Å². The predicted octanol–water partition coefficient (Wildman–Crippen LogP) is 16.2. The molecule has 0 saturated carbocycles. The van der Waals surface area contributed by atoms with E-state index in [1.165, 1.54) is 11.7 Å². The third-order valence-electron chi connectivity index (χ3n) is 14.4. The number of oxime groups is 1. The second-order valence-electron chi connectivity index (χ2n) is 25.1. The van der Waals surface area contributed by atoms with Crippen molar-refractivity contribution in [1.29, 1.82) is 0 Å². The normalized spacial score (nSPS) is 12.3. The molecule has 0 aromatic carbocycles. The average molecular weight is 1340 g/mol. The molecule has 0 saturated heterocycles. The highest BCUT2D eigenvalue weighted by molar-refractivity contribution is 9.09. The quantitative estimate of drug-likeness (QED) is 0.0127. The second kappa shape index (κ2) is 64.0. The van der Waals surface area contributed by atoms with E-state index in [4.69, 9.17) is 25.4 Å². The fraction of sp³-hybridized carbons (Fsp3) is 0.841. The van der Waals surface area contributed by atoms with Gasteiger partial charge in [0, 0.05) is 81.3 Å². The van der Waals surface area contributed by atoms with E-state index in [1.807, 2.05) is 41.5 Å². The number of nitrogens with zero attached hydrogens (tertiary/aromatic N) is 1. The minimum atomic E-state index is -0.831. The molecule has 0 radical (unpaired) electrons. The van der Waals surface area contributed by atoms with Crippen molar-refractivity contribution >= 4 is 80.5 Å². The van der Waals surface area contributed by atoms with Gasteiger partial charge in [0.1, 0.15) is 59.9 Å². The lowest BCUT2D eigenvalue weighted by atomic mass is 9.98. The lowest BCUT2D eigenvalue weighted by Gasteiger charge is -2.19. The molecular weight excluding hydrogens is 1210 g/mol. The number of unbranched alkanes of at least 4 members (excludes halogenated alkanes) is 16. The van der Waals surface area contributed by atoms with E-state index in [1.54, 1.807) is 48.5 Å². The highest BCUT2D eigenvalue weighted by Gasteiger charge is 2.18. The topological polar surface area (TPSA) is 287 Å². The number of ketones is 8. The summed E-state index contributed by atoms with van der Waals surface area (Å²) in [6.07, 6.45) is 29.8. The minimum Gasteiger partial charge on any atom is -0.458 e. The highest BCUT2D eigenvalue weighted by atomic mass is 79.9. The van der Waals surface area contributed by atoms with E-state index in [0.29, 0.717) is 73.4 Å². The number of amides is 1. The number of rotatable bonds is 50. The van der Waals surface area contributed by atoms with Gasteiger partial charge in [0.05, 0.1) is 5.33 Å². The van der Waals surface area contributed by atoms with E-state index in [9.17, 15) is 47.9 Å². The largest absolute Gasteiger partial charge is 0.458 e. The average Bonchev–Trinajstić information content (AvgIpc) is 3.52. The van der Waals surface area contributed by atoms with Crippen LogP contribution in [-0.4, -0.2) is 113 Å². The van der Waals surface area contributed by atoms with Crippen LogP contribution in [0.15, 0.2) is 5.16 Å². The van der Waals surface area contributed by atoms with Gasteiger partial charge in [0.25, 0.3) is 0 Å². The molecule has 0 fully saturated rings. The van der Waals surface area contributed by atoms with Crippen molar-refractivity contribution in [2.75, 3.05) is 31.8 Å². The Bertz CT molecular complexity index is 1880. The summed E-state index contributed by atoms with van der Waals surface area (Å²) < 4.78 is 14.8. The summed E-state index contributed by atoms with van der Waals surface area (Å²) in [5.74, 6) is 7.17. The number of nitrogens with two attached hydrogens (primary N) is 1. The molecule has 4 unspecified atom stereocenters. The zero-order chi connectivity index (χ0) is 68.9. The Kier molecular flexibility index (Phi) is 67.3. The number of Topliss-reactive ketones (excluding diaryl/α,β-unsaturated/α-hetero) is 8. The summed E-state index contributed by atoms with van der Waals surface area (Å²) in [4.78, 5) is 122. The van der Waals surface area contributed by atoms with Crippen molar-refractivity contribution in [1.82, 2.24) is 5.48 Å². The van der Waals surface area contributed by atoms with Crippen molar-refractivity contribution in [3.63, 3.8) is 0 Å². The molecule has 89 heavy (non-hydrogen) atoms. The molecule has 0 aromatic rings. The number of esters is 1. The molecule has 4 N–H and O–H groups in total. The van der Waals surface area contributed by atoms with Crippen molar-refractivity contribution in [2.24, 2.45) is 34.7 Å². The monoisotopic (exact) mass is 1330 g/mol. The second-order valence-corrected chi connectivity index (χ2v) is 25.7. The molecule has 1 amide bonds. The van der Waals surface area contributed by atoms with Gasteiger partial charge >= 0.3 is 12.1 Å². The van der Waals surface area contributed by atoms with Crippen LogP contribution in [-0.2, 0) is 67.0 Å². The number of ether oxygens (including phenoxy) is 3. The first-order valence-electron chi connectivity index (χ1n) is 33.5. The van der Waals surface area contributed by atoms with Crippen molar-refractivity contribution < 1.29 is 77.0 Å². The first-order chi connectivity index (χ1) is 41.9. The van der Waals surface area contributed by atoms with Gasteiger partial charge in [0.15, 0.2) is 24.0 Å². The molecule has 522 valence electrons. The lowest BCUT2D eigenvalue weighted by Crippen LogP contribution is -2.30. The predicted molar refractivity (Wildman–Crippen MR) is 359 cm³/mol. The van der Waals surface area contributed by atoms with Gasteiger partial charge in [-0.3, -0.25) is 48.4 Å². The van der Waals surface area contributed by atoms with Crippen LogP contribution in [0.3, 0.4) is 0 Å². The summed E-state index contributed by atoms with van der Waals surface area (Å²) in [6, 6.07) is 0. The van der Waals surface area contributed by atoms with Crippen LogP contribution in [0.25, 0.3) is 0 Å². The Labute approximate surface area is 547 Å². The molecule has 4 atom stereocenters. The van der Waals surface area contributed by atoms with Crippen molar-refractivity contribution in [3.05, 3.63) is 0 Å². The molecule has 0 spiro atoms. The van der Waals surface area contributed by atoms with Gasteiger partial charge < -0.3 is 19.0 Å². The van der Waals surface area contributed by atoms with E-state index >= 15 is 0 Å². The summed E-state index contributed by atoms with van der Waals surface area (Å²) in [5, 5.41) is 12.0. The molecule has 0 bridgehead atoms. The number of hydrogen-bond acceptors (Lipinski definition) is 18. The first-order valence-corrected chi connectivity index (χ1v) is 34.7. The highest BCUT2D eigenvalue weighted by Crippen LogP contribution is 2.17. The van der Waals surface area contributed by atoms with Crippen LogP contribution in [0.2, 0.25) is 0 Å². The fourth-order valence-electron chi connectivity index (χ4n) is 7.98. The maximum absolute atomic E-state index is 11.7. The van der Waals surface area contributed by atoms with Gasteiger partial charge in [-0.1, -0.05) is 154 Å². The zero-order valence-corrected chi connectivity index (χ0v) is 60.1. The van der Waals surface area contributed by atoms with E-state index in [2.05, 4.69) is 44.5 Å². The van der Waals surface area contributed by atoms with Gasteiger partial charge in [-0.25, -0.2) is 21.0 Å². The van der Waals surface area contributed by atoms with Crippen LogP contribution in [0.5, 0.6) is 0 Å². The number of hydrogen-bond donors (Lipinski definition) is 3. The van der Waals surface area contributed by atoms with Crippen molar-refractivity contribution in [3.8, 4) is 0 Å². The molecule has 0 aliphatic carbocycles. The number of nitrogens with one attached hydrogen (secondary N) is 1. The Morgan fingerprint density at radius 3 is 0.978 bits per heavy atom. The molecule has 0 aliphatic heterocycles. The Morgan fingerprint density at radius 1 is 0.438 bits per heavy atom. The smallest absolute Gasteiger partial charge is 0.431 e. The Hall–Kier alpha value is -4.11. The number of halogens is 1. The summed E-state index contributed by atoms with van der Waals surface area (Å²) >= 11 is 3.16. The number of carbonyl (C=O) groups is 10. The number of hydroxylamine groups is 1. The Balaban J connectivity index is -0.000000339. The summed E-state index contributed by atoms with van der Waals surface area (Å²) in [5.41, 5.74) is 0.274. The molecule has 20 heteroatoms. The minimum absolute atomic E-state index is 0.00973. The SMILES string of the molecule is C/C=N/OCC(=O)CCCCCCCC(=O)C(C)CC.CC(C)(C)OC(=O)NO.CCC(C)C(=O)CCCCCCCC(=O)CBr.CCC(C)C(=O)CCCCCCCC(=O)COCC(=O)OC(C)(C)C.CCC(C)C(=O)CCCCCCCC(=O)CON. The molecule has 0 aliphatic rings. The molecule has 19 nitrogen and oxygen atoms in total. The van der Waals surface area contributed by atoms with Crippen LogP contribution < -0.4 is 11.4 Å². The zero-order valence-electron chi connectivity index (χ0n) is 58.5. The maximum Gasteiger partial charge on any atom is 0.431 e. The van der Waals surface area contributed by atoms with E-state index < -0.39 is 23.3 Å². The molecular formula is C69H128BrN3O16. The third-order valence-corrected chi connectivity index (χ3v) is 15.0. The van der Waals surface area contributed by atoms with Crippen LogP contribution >= 0.6 is 15.9 Å². The van der Waals surface area contributed by atoms with Crippen LogP contribution in [0, 0.1) is 23.7 Å². The van der Waals surface area contributed by atoms with Crippen molar-refractivity contribution in [2.45, 2.75) is 321 Å². The Morgan fingerprint density at radius 2 is 0.719 bits per heavy atom. The van der Waals surface area contributed by atoms with Gasteiger partial charge in [0.2, 0.25) is 0 Å². The number of carbonyl (C=O) groups excluding carboxylic acids is 10. The maximum atomic E-state index is 11.7. The van der Waals surface area contributed by atoms with Crippen LogP contribution in [0.4, 0.5) is 4.79 Å². The molecule has 0 heterocycles. The van der Waals surface area contributed by atoms with E-state index in [0.717, 1.165) is 161 Å². The third kappa shape index (κ3) is 72.8. The fourth-order valence-corrected chi connectivity index (χ4v) is 8.26. The van der Waals surface area contributed by atoms with E-state index in [-0.39, 0.29) is 73.2 Å². The first kappa shape index (κ1) is 93.6. The van der Waals surface area contributed by atoms with Gasteiger partial charge in [-0.2, -0.15) is 0 Å². The molecule has 0 rings (SSSR count). The lowest BCUT2D eigenvalue weighted by molar-refractivity contribution is -0.160. The standard InChI is InChI=1S/C20H36O5.C16H29NO3.C14H25BrO2.C14H27NO3.C5H11NO3/c1-6-16(2)18(22)13-11-9-7-8-10-12-17(21)14-24-15-19(23)25-20(3,4)5;1-4-14(3)16(19)12-10-8-6-7-9-11-15(18)13-20-17-5-2;1-3-12(2)14(17)10-8-6-4-5-7-9-13(16)11-15;1-3-12(2)14(17)10-8-6-4-5-7-9-13(16)11-18-15;1-5(2,3)9-4(7)6-8/h16H,6-15H2,1-5H3;5,14H,4,6-13H2,1-3H3;12H,3-11H2,1-2H3;12H,3-11,15H2,1-2H3;8H,1-3H3,(H,6,7)/b;17-5+;;;. The number of alkyl halides is 1.